The summed E-state index contributed by atoms with van der Waals surface area (Å²) in [6.07, 6.45) is 0. The summed E-state index contributed by atoms with van der Waals surface area (Å²) < 4.78 is 74.5. The lowest BCUT2D eigenvalue weighted by Gasteiger charge is -2.37. The zero-order chi connectivity index (χ0) is 25.3. The van der Waals surface area contributed by atoms with Gasteiger partial charge < -0.3 is 19.9 Å². The molecule has 3 aromatic carbocycles. The van der Waals surface area contributed by atoms with Gasteiger partial charge >= 0.3 is 0 Å². The average Bonchev–Trinajstić information content (AvgIpc) is 2.87. The number of hydrogen-bond acceptors (Lipinski definition) is 4. The van der Waals surface area contributed by atoms with Crippen molar-refractivity contribution in [3.05, 3.63) is 81.6 Å². The van der Waals surface area contributed by atoms with Gasteiger partial charge in [0, 0.05) is 43.1 Å². The molecule has 1 heterocycles. The number of rotatable bonds is 5. The van der Waals surface area contributed by atoms with Crippen molar-refractivity contribution in [2.24, 2.45) is 0 Å². The minimum atomic E-state index is -2.17. The quantitative estimate of drug-likeness (QED) is 0.248. The predicted octanol–water partition coefficient (Wildman–Crippen LogP) is 5.73. The van der Waals surface area contributed by atoms with E-state index < -0.39 is 34.8 Å². The molecule has 4 rings (SSSR count). The molecule has 1 N–H and O–H groups in total. The summed E-state index contributed by atoms with van der Waals surface area (Å²) >= 11 is 3.34. The molecule has 11 heteroatoms. The Bertz CT molecular complexity index is 1240. The maximum Gasteiger partial charge on any atom is 0.255 e. The molecule has 0 aromatic heterocycles. The van der Waals surface area contributed by atoms with E-state index in [1.165, 1.54) is 7.11 Å². The maximum absolute atomic E-state index is 14.1. The highest BCUT2D eigenvalue weighted by molar-refractivity contribution is 9.10. The zero-order valence-electron chi connectivity index (χ0n) is 18.3. The molecule has 1 saturated heterocycles. The normalized spacial score (nSPS) is 13.7. The number of hydrogen-bond donors (Lipinski definition) is 1. The van der Waals surface area contributed by atoms with Gasteiger partial charge in [0.25, 0.3) is 5.91 Å². The predicted molar refractivity (Wildman–Crippen MR) is 126 cm³/mol. The SMILES string of the molecule is COc1ccc(C(=O)Nc2ccc(N3CCN(c4c(F)c(F)c(F)c(F)c4F)CC3)cc2)cc1Br. The third-order valence-electron chi connectivity index (χ3n) is 5.69. The van der Waals surface area contributed by atoms with E-state index in [4.69, 9.17) is 4.74 Å². The first kappa shape index (κ1) is 24.8. The summed E-state index contributed by atoms with van der Waals surface area (Å²) in [6.45, 7) is 0.711. The van der Waals surface area contributed by atoms with Crippen LogP contribution in [0.15, 0.2) is 46.9 Å². The smallest absolute Gasteiger partial charge is 0.255 e. The van der Waals surface area contributed by atoms with E-state index in [1.54, 1.807) is 42.5 Å². The van der Waals surface area contributed by atoms with Gasteiger partial charge in [-0.1, -0.05) is 0 Å². The molecule has 184 valence electrons. The van der Waals surface area contributed by atoms with Crippen molar-refractivity contribution >= 4 is 38.9 Å². The molecule has 1 aliphatic heterocycles. The van der Waals surface area contributed by atoms with Gasteiger partial charge in [-0.15, -0.1) is 0 Å². The molecule has 3 aromatic rings. The summed E-state index contributed by atoms with van der Waals surface area (Å²) in [5, 5.41) is 2.80. The van der Waals surface area contributed by atoms with Crippen LogP contribution in [0.4, 0.5) is 39.0 Å². The number of benzene rings is 3. The summed E-state index contributed by atoms with van der Waals surface area (Å²) in [5.74, 6) is -9.46. The monoisotopic (exact) mass is 555 g/mol. The van der Waals surface area contributed by atoms with E-state index >= 15 is 0 Å². The van der Waals surface area contributed by atoms with Gasteiger partial charge in [-0.3, -0.25) is 4.79 Å². The summed E-state index contributed by atoms with van der Waals surface area (Å²) in [6, 6.07) is 11.9. The van der Waals surface area contributed by atoms with Crippen LogP contribution in [-0.2, 0) is 0 Å². The molecule has 5 nitrogen and oxygen atoms in total. The molecule has 0 bridgehead atoms. The third kappa shape index (κ3) is 4.90. The highest BCUT2D eigenvalue weighted by Crippen LogP contribution is 2.32. The van der Waals surface area contributed by atoms with E-state index in [1.807, 2.05) is 4.90 Å². The lowest BCUT2D eigenvalue weighted by Crippen LogP contribution is -2.47. The molecule has 0 atom stereocenters. The summed E-state index contributed by atoms with van der Waals surface area (Å²) in [4.78, 5) is 15.6. The number of methoxy groups -OCH3 is 1. The lowest BCUT2D eigenvalue weighted by molar-refractivity contribution is 0.102. The second kappa shape index (κ2) is 10.1. The number of anilines is 3. The first-order chi connectivity index (χ1) is 16.7. The average molecular weight is 556 g/mol. The van der Waals surface area contributed by atoms with Crippen molar-refractivity contribution in [2.75, 3.05) is 48.4 Å². The fraction of sp³-hybridized carbons (Fsp3) is 0.208. The Morgan fingerprint density at radius 3 is 1.91 bits per heavy atom. The minimum Gasteiger partial charge on any atom is -0.496 e. The largest absolute Gasteiger partial charge is 0.496 e. The van der Waals surface area contributed by atoms with Gasteiger partial charge in [-0.25, -0.2) is 22.0 Å². The molecule has 1 aliphatic rings. The van der Waals surface area contributed by atoms with Gasteiger partial charge in [0.1, 0.15) is 11.4 Å². The van der Waals surface area contributed by atoms with Crippen LogP contribution in [0, 0.1) is 29.1 Å². The molecule has 35 heavy (non-hydrogen) atoms. The number of piperazine rings is 1. The van der Waals surface area contributed by atoms with Gasteiger partial charge in [-0.2, -0.15) is 0 Å². The van der Waals surface area contributed by atoms with Crippen molar-refractivity contribution in [1.82, 2.24) is 0 Å². The third-order valence-corrected chi connectivity index (χ3v) is 6.31. The molecule has 0 unspecified atom stereocenters. The van der Waals surface area contributed by atoms with Crippen LogP contribution in [0.25, 0.3) is 0 Å². The maximum atomic E-state index is 14.1. The molecule has 0 saturated carbocycles. The topological polar surface area (TPSA) is 44.8 Å². The lowest BCUT2D eigenvalue weighted by atomic mass is 10.1. The number of amides is 1. The van der Waals surface area contributed by atoms with E-state index in [-0.39, 0.29) is 19.0 Å². The van der Waals surface area contributed by atoms with Crippen LogP contribution in [0.1, 0.15) is 10.4 Å². The summed E-state index contributed by atoms with van der Waals surface area (Å²) in [7, 11) is 1.53. The Balaban J connectivity index is 1.40. The molecule has 0 spiro atoms. The molecule has 0 aliphatic carbocycles. The van der Waals surface area contributed by atoms with Crippen LogP contribution >= 0.6 is 15.9 Å². The standard InChI is InChI=1S/C24H19BrF5N3O2/c1-35-17-7-2-13(12-16(17)25)24(34)31-14-3-5-15(6-4-14)32-8-10-33(11-9-32)23-21(29)19(27)18(26)20(28)22(23)30/h2-7,12H,8-11H2,1H3,(H,31,34). The van der Waals surface area contributed by atoms with Crippen LogP contribution < -0.4 is 19.9 Å². The Morgan fingerprint density at radius 1 is 0.829 bits per heavy atom. The zero-order valence-corrected chi connectivity index (χ0v) is 19.9. The van der Waals surface area contributed by atoms with Crippen LogP contribution in [0.2, 0.25) is 0 Å². The Morgan fingerprint density at radius 2 is 1.37 bits per heavy atom. The number of halogens is 6. The first-order valence-electron chi connectivity index (χ1n) is 10.5. The van der Waals surface area contributed by atoms with Crippen molar-refractivity contribution in [3.63, 3.8) is 0 Å². The van der Waals surface area contributed by atoms with Gasteiger partial charge in [-0.05, 0) is 58.4 Å². The van der Waals surface area contributed by atoms with E-state index in [2.05, 4.69) is 21.2 Å². The number of nitrogens with zero attached hydrogens (tertiary/aromatic N) is 2. The fourth-order valence-corrected chi connectivity index (χ4v) is 4.37. The Labute approximate surface area is 206 Å². The first-order valence-corrected chi connectivity index (χ1v) is 11.3. The van der Waals surface area contributed by atoms with Crippen LogP contribution in [0.3, 0.4) is 0 Å². The highest BCUT2D eigenvalue weighted by atomic mass is 79.9. The van der Waals surface area contributed by atoms with Gasteiger partial charge in [0.15, 0.2) is 23.3 Å². The van der Waals surface area contributed by atoms with Crippen LogP contribution in [-0.4, -0.2) is 39.2 Å². The molecule has 1 fully saturated rings. The van der Waals surface area contributed by atoms with Crippen molar-refractivity contribution in [1.29, 1.82) is 0 Å². The number of nitrogens with one attached hydrogen (secondary N) is 1. The highest BCUT2D eigenvalue weighted by Gasteiger charge is 2.30. The van der Waals surface area contributed by atoms with Gasteiger partial charge in [0.2, 0.25) is 5.82 Å². The molecule has 0 radical (unpaired) electrons. The Kier molecular flexibility index (Phi) is 7.15. The Hall–Kier alpha value is -3.34. The number of carbonyl (C=O) groups is 1. The van der Waals surface area contributed by atoms with Crippen LogP contribution in [0.5, 0.6) is 5.75 Å². The second-order valence-electron chi connectivity index (χ2n) is 7.74. The number of ether oxygens (including phenoxy) is 1. The van der Waals surface area contributed by atoms with E-state index in [9.17, 15) is 26.7 Å². The van der Waals surface area contributed by atoms with Crippen molar-refractivity contribution < 1.29 is 31.5 Å². The molecular weight excluding hydrogens is 537 g/mol. The van der Waals surface area contributed by atoms with Crippen molar-refractivity contribution in [3.8, 4) is 5.75 Å². The fourth-order valence-electron chi connectivity index (χ4n) is 3.83. The van der Waals surface area contributed by atoms with Gasteiger partial charge in [0.05, 0.1) is 11.6 Å². The summed E-state index contributed by atoms with van der Waals surface area (Å²) in [5.41, 5.74) is 0.869. The second-order valence-corrected chi connectivity index (χ2v) is 8.60. The van der Waals surface area contributed by atoms with Crippen molar-refractivity contribution in [2.45, 2.75) is 0 Å². The van der Waals surface area contributed by atoms with E-state index in [0.717, 1.165) is 10.6 Å². The van der Waals surface area contributed by atoms with E-state index in [0.29, 0.717) is 34.6 Å². The number of carbonyl (C=O) groups excluding carboxylic acids is 1. The molecule has 1 amide bonds. The minimum absolute atomic E-state index is 0.0587. The molecular formula is C24H19BrF5N3O2.